The van der Waals surface area contributed by atoms with Crippen LogP contribution in [0.2, 0.25) is 0 Å². The fourth-order valence-corrected chi connectivity index (χ4v) is 1.59. The van der Waals surface area contributed by atoms with Crippen LogP contribution in [0.25, 0.3) is 0 Å². The van der Waals surface area contributed by atoms with Crippen LogP contribution in [-0.4, -0.2) is 5.91 Å². The number of amides is 1. The third kappa shape index (κ3) is 2.64. The summed E-state index contributed by atoms with van der Waals surface area (Å²) in [5, 5.41) is 8.96. The minimum Gasteiger partial charge on any atom is -0.456 e. The number of nitriles is 1. The van der Waals surface area contributed by atoms with Gasteiger partial charge in [0.15, 0.2) is 0 Å². The molecule has 5 heteroatoms. The van der Waals surface area contributed by atoms with Gasteiger partial charge in [-0.3, -0.25) is 4.79 Å². The summed E-state index contributed by atoms with van der Waals surface area (Å²) in [4.78, 5) is 11.2. The van der Waals surface area contributed by atoms with Gasteiger partial charge in [0.2, 0.25) is 0 Å². The van der Waals surface area contributed by atoms with Crippen molar-refractivity contribution in [2.75, 3.05) is 5.73 Å². The molecule has 94 valence electrons. The summed E-state index contributed by atoms with van der Waals surface area (Å²) in [5.74, 6) is 0.174. The number of para-hydroxylation sites is 1. The Balaban J connectivity index is 2.37. The molecule has 0 atom stereocenters. The topological polar surface area (TPSA) is 102 Å². The monoisotopic (exact) mass is 253 g/mol. The predicted molar refractivity (Wildman–Crippen MR) is 70.6 cm³/mol. The van der Waals surface area contributed by atoms with Crippen molar-refractivity contribution >= 4 is 11.6 Å². The molecule has 5 nitrogen and oxygen atoms in total. The molecular weight excluding hydrogens is 242 g/mol. The largest absolute Gasteiger partial charge is 0.456 e. The summed E-state index contributed by atoms with van der Waals surface area (Å²) in [7, 11) is 0. The first-order valence-corrected chi connectivity index (χ1v) is 5.48. The molecule has 0 heterocycles. The Morgan fingerprint density at radius 3 is 2.63 bits per heavy atom. The normalized spacial score (nSPS) is 9.63. The van der Waals surface area contributed by atoms with Gasteiger partial charge in [-0.15, -0.1) is 0 Å². The van der Waals surface area contributed by atoms with E-state index in [2.05, 4.69) is 0 Å². The molecule has 19 heavy (non-hydrogen) atoms. The quantitative estimate of drug-likeness (QED) is 0.817. The van der Waals surface area contributed by atoms with E-state index < -0.39 is 5.91 Å². The predicted octanol–water partition coefficient (Wildman–Crippen LogP) is 2.03. The first kappa shape index (κ1) is 12.5. The number of nitrogens with zero attached hydrogens (tertiary/aromatic N) is 1. The van der Waals surface area contributed by atoms with Gasteiger partial charge in [-0.2, -0.15) is 5.26 Å². The Labute approximate surface area is 110 Å². The average molecular weight is 253 g/mol. The van der Waals surface area contributed by atoms with Crippen molar-refractivity contribution in [1.82, 2.24) is 0 Å². The van der Waals surface area contributed by atoms with Crippen molar-refractivity contribution in [2.45, 2.75) is 0 Å². The van der Waals surface area contributed by atoms with Crippen molar-refractivity contribution in [2.24, 2.45) is 5.73 Å². The van der Waals surface area contributed by atoms with E-state index in [1.807, 2.05) is 6.07 Å². The minimum absolute atomic E-state index is 0.187. The number of primary amides is 1. The van der Waals surface area contributed by atoms with Gasteiger partial charge < -0.3 is 16.2 Å². The highest BCUT2D eigenvalue weighted by atomic mass is 16.5. The molecule has 0 fully saturated rings. The number of rotatable bonds is 3. The summed E-state index contributed by atoms with van der Waals surface area (Å²) in [6.45, 7) is 0. The number of nitrogen functional groups attached to an aromatic ring is 1. The molecule has 0 saturated carbocycles. The molecule has 1 amide bonds. The minimum atomic E-state index is -0.628. The number of nitrogens with two attached hydrogens (primary N) is 2. The van der Waals surface area contributed by atoms with Crippen LogP contribution in [0.3, 0.4) is 0 Å². The zero-order valence-corrected chi connectivity index (χ0v) is 9.96. The molecule has 0 saturated heterocycles. The van der Waals surface area contributed by atoms with Crippen LogP contribution in [0.1, 0.15) is 15.9 Å². The molecule has 2 rings (SSSR count). The number of hydrogen-bond acceptors (Lipinski definition) is 4. The second-order valence-corrected chi connectivity index (χ2v) is 3.82. The lowest BCUT2D eigenvalue weighted by Gasteiger charge is -2.09. The summed E-state index contributed by atoms with van der Waals surface area (Å²) in [5.41, 5.74) is 11.7. The lowest BCUT2D eigenvalue weighted by Crippen LogP contribution is -2.13. The smallest absolute Gasteiger partial charge is 0.250 e. The number of anilines is 1. The van der Waals surface area contributed by atoms with Crippen molar-refractivity contribution in [3.63, 3.8) is 0 Å². The van der Waals surface area contributed by atoms with E-state index in [1.54, 1.807) is 30.3 Å². The molecular formula is C14H11N3O2. The second kappa shape index (κ2) is 5.10. The highest BCUT2D eigenvalue weighted by Crippen LogP contribution is 2.27. The third-order valence-corrected chi connectivity index (χ3v) is 2.53. The Morgan fingerprint density at radius 2 is 1.95 bits per heavy atom. The van der Waals surface area contributed by atoms with Crippen molar-refractivity contribution in [3.8, 4) is 17.6 Å². The number of ether oxygens (including phenoxy) is 1. The first-order chi connectivity index (χ1) is 9.11. The molecule has 0 aliphatic heterocycles. The van der Waals surface area contributed by atoms with Crippen LogP contribution in [0.5, 0.6) is 11.5 Å². The van der Waals surface area contributed by atoms with Gasteiger partial charge in [0.25, 0.3) is 5.91 Å². The summed E-state index contributed by atoms with van der Waals surface area (Å²) in [6, 6.07) is 13.4. The van der Waals surface area contributed by atoms with Crippen LogP contribution in [-0.2, 0) is 0 Å². The highest BCUT2D eigenvalue weighted by molar-refractivity contribution is 5.98. The zero-order valence-electron chi connectivity index (χ0n) is 9.96. The Kier molecular flexibility index (Phi) is 3.35. The molecule has 0 aliphatic rings. The molecule has 0 radical (unpaired) electrons. The Morgan fingerprint density at radius 1 is 1.21 bits per heavy atom. The Hall–Kier alpha value is -3.00. The van der Waals surface area contributed by atoms with E-state index in [4.69, 9.17) is 21.5 Å². The molecule has 0 aliphatic carbocycles. The molecule has 4 N–H and O–H groups in total. The van der Waals surface area contributed by atoms with Crippen LogP contribution >= 0.6 is 0 Å². The van der Waals surface area contributed by atoms with Crippen LogP contribution in [0, 0.1) is 11.3 Å². The zero-order chi connectivity index (χ0) is 13.8. The number of carbonyl (C=O) groups is 1. The van der Waals surface area contributed by atoms with Crippen LogP contribution in [0.4, 0.5) is 5.69 Å². The van der Waals surface area contributed by atoms with Crippen molar-refractivity contribution in [1.29, 1.82) is 5.26 Å². The number of benzene rings is 2. The maximum Gasteiger partial charge on any atom is 0.250 e. The van der Waals surface area contributed by atoms with Crippen LogP contribution in [0.15, 0.2) is 42.5 Å². The molecule has 0 unspecified atom stereocenters. The summed E-state index contributed by atoms with van der Waals surface area (Å²) >= 11 is 0. The van der Waals surface area contributed by atoms with E-state index in [9.17, 15) is 4.79 Å². The van der Waals surface area contributed by atoms with Gasteiger partial charge >= 0.3 is 0 Å². The van der Waals surface area contributed by atoms with Gasteiger partial charge in [0.1, 0.15) is 17.6 Å². The lowest BCUT2D eigenvalue weighted by atomic mass is 10.1. The molecule has 2 aromatic carbocycles. The Bertz CT molecular complexity index is 675. The van der Waals surface area contributed by atoms with Crippen molar-refractivity contribution in [3.05, 3.63) is 53.6 Å². The van der Waals surface area contributed by atoms with Gasteiger partial charge in [0, 0.05) is 5.69 Å². The van der Waals surface area contributed by atoms with Gasteiger partial charge in [0.05, 0.1) is 11.1 Å². The molecule has 2 aromatic rings. The maximum atomic E-state index is 11.2. The maximum absolute atomic E-state index is 11.2. The standard InChI is InChI=1S/C14H11N3O2/c15-8-9-3-1-2-4-13(9)19-10-5-6-12(16)11(7-10)14(17)18/h1-7H,16H2,(H2,17,18). The fourth-order valence-electron chi connectivity index (χ4n) is 1.59. The van der Waals surface area contributed by atoms with E-state index in [-0.39, 0.29) is 11.3 Å². The summed E-state index contributed by atoms with van der Waals surface area (Å²) < 4.78 is 5.56. The SMILES string of the molecule is N#Cc1ccccc1Oc1ccc(N)c(C(N)=O)c1. The number of hydrogen-bond donors (Lipinski definition) is 2. The summed E-state index contributed by atoms with van der Waals surface area (Å²) in [6.07, 6.45) is 0. The highest BCUT2D eigenvalue weighted by Gasteiger charge is 2.09. The molecule has 0 spiro atoms. The van der Waals surface area contributed by atoms with E-state index >= 15 is 0 Å². The molecule has 0 aromatic heterocycles. The van der Waals surface area contributed by atoms with E-state index in [1.165, 1.54) is 12.1 Å². The fraction of sp³-hybridized carbons (Fsp3) is 0. The van der Waals surface area contributed by atoms with Gasteiger partial charge in [-0.05, 0) is 30.3 Å². The van der Waals surface area contributed by atoms with E-state index in [0.29, 0.717) is 17.1 Å². The van der Waals surface area contributed by atoms with E-state index in [0.717, 1.165) is 0 Å². The third-order valence-electron chi connectivity index (χ3n) is 2.53. The lowest BCUT2D eigenvalue weighted by molar-refractivity contribution is 0.100. The van der Waals surface area contributed by atoms with Crippen LogP contribution < -0.4 is 16.2 Å². The average Bonchev–Trinajstić information content (AvgIpc) is 2.41. The van der Waals surface area contributed by atoms with Gasteiger partial charge in [-0.25, -0.2) is 0 Å². The van der Waals surface area contributed by atoms with Crippen molar-refractivity contribution < 1.29 is 9.53 Å². The second-order valence-electron chi connectivity index (χ2n) is 3.82. The molecule has 0 bridgehead atoms. The number of carbonyl (C=O) groups excluding carboxylic acids is 1. The first-order valence-electron chi connectivity index (χ1n) is 5.48. The van der Waals surface area contributed by atoms with Gasteiger partial charge in [-0.1, -0.05) is 12.1 Å².